The third-order valence-electron chi connectivity index (χ3n) is 4.95. The second-order valence-electron chi connectivity index (χ2n) is 7.36. The molecule has 0 bridgehead atoms. The molecule has 1 N–H and O–H groups in total. The molecule has 3 aromatic rings. The van der Waals surface area contributed by atoms with Crippen LogP contribution in [0.4, 0.5) is 0 Å². The van der Waals surface area contributed by atoms with Crippen molar-refractivity contribution in [2.75, 3.05) is 0 Å². The van der Waals surface area contributed by atoms with Crippen molar-refractivity contribution in [3.63, 3.8) is 0 Å². The van der Waals surface area contributed by atoms with E-state index in [2.05, 4.69) is 36.0 Å². The molecule has 0 radical (unpaired) electrons. The van der Waals surface area contributed by atoms with Crippen molar-refractivity contribution in [1.82, 2.24) is 24.7 Å². The molecule has 3 aromatic heterocycles. The Balaban J connectivity index is 1.69. The van der Waals surface area contributed by atoms with Crippen molar-refractivity contribution in [1.29, 1.82) is 0 Å². The second kappa shape index (κ2) is 6.81. The topological polar surface area (TPSA) is 76.5 Å². The van der Waals surface area contributed by atoms with Gasteiger partial charge in [0.05, 0.1) is 10.6 Å². The number of hydrogen-bond donors (Lipinski definition) is 1. The first kappa shape index (κ1) is 17.7. The Morgan fingerprint density at radius 3 is 2.96 bits per heavy atom. The zero-order valence-electron chi connectivity index (χ0n) is 15.4. The van der Waals surface area contributed by atoms with Crippen LogP contribution in [0.15, 0.2) is 16.3 Å². The van der Waals surface area contributed by atoms with Gasteiger partial charge in [0.2, 0.25) is 0 Å². The summed E-state index contributed by atoms with van der Waals surface area (Å²) in [6.07, 6.45) is 4.94. The first-order chi connectivity index (χ1) is 12.4. The van der Waals surface area contributed by atoms with E-state index in [9.17, 15) is 4.79 Å². The van der Waals surface area contributed by atoms with E-state index in [1.54, 1.807) is 29.4 Å². The van der Waals surface area contributed by atoms with Gasteiger partial charge in [-0.3, -0.25) is 4.79 Å². The normalized spacial score (nSPS) is 18.4. The lowest BCUT2D eigenvalue weighted by Crippen LogP contribution is -2.15. The summed E-state index contributed by atoms with van der Waals surface area (Å²) in [7, 11) is 0. The highest BCUT2D eigenvalue weighted by Crippen LogP contribution is 2.37. The summed E-state index contributed by atoms with van der Waals surface area (Å²) in [5.41, 5.74) is 1.22. The van der Waals surface area contributed by atoms with E-state index in [1.165, 1.54) is 10.4 Å². The molecule has 3 heterocycles. The molecule has 2 atom stereocenters. The standard InChI is InChI=1S/C18H23N5OS2/c1-9(2)23-8-19-22-18(23)25-11(4)15-20-16(24)14-12-6-5-10(3)7-13(12)26-17(14)21-15/h8-11H,5-7H2,1-4H3,(H,20,21,24)/t10-,11-/m0/s1. The molecule has 0 spiro atoms. The summed E-state index contributed by atoms with van der Waals surface area (Å²) in [4.78, 5) is 22.8. The molecule has 0 saturated heterocycles. The van der Waals surface area contributed by atoms with E-state index in [1.807, 2.05) is 11.5 Å². The Bertz CT molecular complexity index is 1000. The van der Waals surface area contributed by atoms with Gasteiger partial charge in [-0.2, -0.15) is 0 Å². The Morgan fingerprint density at radius 2 is 2.19 bits per heavy atom. The molecule has 1 aliphatic carbocycles. The van der Waals surface area contributed by atoms with Crippen molar-refractivity contribution >= 4 is 33.3 Å². The molecule has 8 heteroatoms. The SMILES string of the molecule is CC(C)n1cnnc1S[C@@H](C)c1nc2sc3c(c2c(=O)[nH]1)CC[C@H](C)C3. The van der Waals surface area contributed by atoms with Crippen LogP contribution in [0.2, 0.25) is 0 Å². The molecule has 4 rings (SSSR count). The molecular formula is C18H23N5OS2. The van der Waals surface area contributed by atoms with E-state index >= 15 is 0 Å². The minimum absolute atomic E-state index is 0.00479. The summed E-state index contributed by atoms with van der Waals surface area (Å²) < 4.78 is 2.03. The summed E-state index contributed by atoms with van der Waals surface area (Å²) in [5.74, 6) is 1.39. The van der Waals surface area contributed by atoms with Gasteiger partial charge in [0.25, 0.3) is 5.56 Å². The minimum Gasteiger partial charge on any atom is -0.309 e. The predicted octanol–water partition coefficient (Wildman–Crippen LogP) is 4.14. The Morgan fingerprint density at radius 1 is 1.38 bits per heavy atom. The number of fused-ring (bicyclic) bond motifs is 3. The maximum absolute atomic E-state index is 12.8. The van der Waals surface area contributed by atoms with Gasteiger partial charge in [0, 0.05) is 10.9 Å². The molecule has 0 saturated carbocycles. The summed E-state index contributed by atoms with van der Waals surface area (Å²) >= 11 is 3.26. The second-order valence-corrected chi connectivity index (χ2v) is 9.75. The third kappa shape index (κ3) is 3.09. The van der Waals surface area contributed by atoms with Crippen molar-refractivity contribution in [2.45, 2.75) is 63.4 Å². The van der Waals surface area contributed by atoms with Crippen LogP contribution in [-0.2, 0) is 12.8 Å². The van der Waals surface area contributed by atoms with Crippen molar-refractivity contribution < 1.29 is 0 Å². The molecule has 0 fully saturated rings. The number of nitrogens with one attached hydrogen (secondary N) is 1. The van der Waals surface area contributed by atoms with Gasteiger partial charge in [-0.15, -0.1) is 21.5 Å². The first-order valence-electron chi connectivity index (χ1n) is 9.04. The van der Waals surface area contributed by atoms with Crippen LogP contribution in [0.25, 0.3) is 10.2 Å². The molecule has 0 aromatic carbocycles. The number of rotatable bonds is 4. The third-order valence-corrected chi connectivity index (χ3v) is 7.18. The highest BCUT2D eigenvalue weighted by Gasteiger charge is 2.24. The van der Waals surface area contributed by atoms with Gasteiger partial charge in [0.1, 0.15) is 17.0 Å². The van der Waals surface area contributed by atoms with E-state index < -0.39 is 0 Å². The number of hydrogen-bond acceptors (Lipinski definition) is 6. The Labute approximate surface area is 160 Å². The number of aromatic nitrogens is 5. The van der Waals surface area contributed by atoms with Gasteiger partial charge >= 0.3 is 0 Å². The maximum Gasteiger partial charge on any atom is 0.259 e. The van der Waals surface area contributed by atoms with Crippen LogP contribution in [0.1, 0.15) is 61.7 Å². The van der Waals surface area contributed by atoms with Gasteiger partial charge in [-0.05, 0) is 51.5 Å². The van der Waals surface area contributed by atoms with Gasteiger partial charge < -0.3 is 9.55 Å². The highest BCUT2D eigenvalue weighted by atomic mass is 32.2. The van der Waals surface area contributed by atoms with Gasteiger partial charge in [-0.25, -0.2) is 4.98 Å². The van der Waals surface area contributed by atoms with Crippen molar-refractivity contribution in [2.24, 2.45) is 5.92 Å². The molecule has 0 amide bonds. The lowest BCUT2D eigenvalue weighted by molar-refractivity contribution is 0.509. The number of thioether (sulfide) groups is 1. The fourth-order valence-corrected chi connectivity index (χ4v) is 5.85. The maximum atomic E-state index is 12.8. The molecule has 0 aliphatic heterocycles. The molecule has 26 heavy (non-hydrogen) atoms. The van der Waals surface area contributed by atoms with Gasteiger partial charge in [0.15, 0.2) is 5.16 Å². The highest BCUT2D eigenvalue weighted by molar-refractivity contribution is 7.99. The zero-order valence-corrected chi connectivity index (χ0v) is 17.1. The number of H-pyrrole nitrogens is 1. The fourth-order valence-electron chi connectivity index (χ4n) is 3.44. The van der Waals surface area contributed by atoms with E-state index in [4.69, 9.17) is 4.98 Å². The number of thiophene rings is 1. The van der Waals surface area contributed by atoms with Crippen LogP contribution in [-0.4, -0.2) is 24.7 Å². The average molecular weight is 390 g/mol. The lowest BCUT2D eigenvalue weighted by atomic mass is 9.89. The Kier molecular flexibility index (Phi) is 4.64. The van der Waals surface area contributed by atoms with Crippen LogP contribution in [0.5, 0.6) is 0 Å². The number of aryl methyl sites for hydroxylation is 1. The van der Waals surface area contributed by atoms with E-state index in [0.717, 1.165) is 34.6 Å². The minimum atomic E-state index is -0.00754. The molecular weight excluding hydrogens is 366 g/mol. The number of nitrogens with zero attached hydrogens (tertiary/aromatic N) is 4. The molecule has 6 nitrogen and oxygen atoms in total. The fraction of sp³-hybridized carbons (Fsp3) is 0.556. The van der Waals surface area contributed by atoms with Gasteiger partial charge in [-0.1, -0.05) is 18.7 Å². The van der Waals surface area contributed by atoms with E-state index in [0.29, 0.717) is 17.8 Å². The smallest absolute Gasteiger partial charge is 0.259 e. The summed E-state index contributed by atoms with van der Waals surface area (Å²) in [6, 6.07) is 0.292. The van der Waals surface area contributed by atoms with E-state index in [-0.39, 0.29) is 10.8 Å². The monoisotopic (exact) mass is 389 g/mol. The zero-order chi connectivity index (χ0) is 18.4. The van der Waals surface area contributed by atoms with Crippen LogP contribution < -0.4 is 5.56 Å². The van der Waals surface area contributed by atoms with Crippen molar-refractivity contribution in [3.05, 3.63) is 32.9 Å². The molecule has 138 valence electrons. The summed E-state index contributed by atoms with van der Waals surface area (Å²) in [6.45, 7) is 8.52. The largest absolute Gasteiger partial charge is 0.309 e. The average Bonchev–Trinajstić information content (AvgIpc) is 3.18. The molecule has 0 unspecified atom stereocenters. The quantitative estimate of drug-likeness (QED) is 0.679. The van der Waals surface area contributed by atoms with Crippen LogP contribution in [0, 0.1) is 5.92 Å². The Hall–Kier alpha value is -1.67. The first-order valence-corrected chi connectivity index (χ1v) is 10.7. The molecule has 1 aliphatic rings. The van der Waals surface area contributed by atoms with Crippen LogP contribution in [0.3, 0.4) is 0 Å². The number of aromatic amines is 1. The lowest BCUT2D eigenvalue weighted by Gasteiger charge is -2.17. The van der Waals surface area contributed by atoms with Crippen molar-refractivity contribution in [3.8, 4) is 0 Å². The van der Waals surface area contributed by atoms with Crippen LogP contribution >= 0.6 is 23.1 Å². The predicted molar refractivity (Wildman–Crippen MR) is 106 cm³/mol. The summed E-state index contributed by atoms with van der Waals surface area (Å²) in [5, 5.41) is 9.86.